The fraction of sp³-hybridized carbons (Fsp3) is 0.714. The number of rotatable bonds is 2. The zero-order chi connectivity index (χ0) is 9.14. The number of aliphatic carboxylic acids is 1. The molecule has 0 bridgehead atoms. The summed E-state index contributed by atoms with van der Waals surface area (Å²) in [7, 11) is 0. The fourth-order valence-corrected chi connectivity index (χ4v) is 1.06. The lowest BCUT2D eigenvalue weighted by Gasteiger charge is -2.09. The Bertz CT molecular complexity index is 200. The number of carbonyl (C=O) groups is 2. The minimum absolute atomic E-state index is 0.396. The second kappa shape index (κ2) is 3.53. The van der Waals surface area contributed by atoms with Crippen LogP contribution in [0.1, 0.15) is 19.8 Å². The molecule has 1 N–H and O–H groups in total. The van der Waals surface area contributed by atoms with Crippen LogP contribution in [0.3, 0.4) is 0 Å². The van der Waals surface area contributed by atoms with Gasteiger partial charge in [0.15, 0.2) is 6.10 Å². The van der Waals surface area contributed by atoms with E-state index in [-0.39, 0.29) is 0 Å². The molecule has 1 rings (SSSR count). The van der Waals surface area contributed by atoms with Crippen molar-refractivity contribution in [3.63, 3.8) is 0 Å². The molecule has 68 valence electrons. The molecule has 0 radical (unpaired) electrons. The Kier molecular flexibility index (Phi) is 2.65. The molecule has 1 saturated heterocycles. The van der Waals surface area contributed by atoms with Crippen LogP contribution in [0.2, 0.25) is 0 Å². The second-order valence-corrected chi connectivity index (χ2v) is 2.58. The third-order valence-corrected chi connectivity index (χ3v) is 1.55. The van der Waals surface area contributed by atoms with Gasteiger partial charge in [-0.2, -0.15) is 0 Å². The molecule has 1 heterocycles. The minimum atomic E-state index is -1.01. The smallest absolute Gasteiger partial charge is 0.332 e. The molecule has 2 atom stereocenters. The Balaban J connectivity index is 2.35. The minimum Gasteiger partial charge on any atom is -0.479 e. The average molecular weight is 174 g/mol. The predicted molar refractivity (Wildman–Crippen MR) is 37.3 cm³/mol. The lowest BCUT2D eigenvalue weighted by Crippen LogP contribution is -2.22. The van der Waals surface area contributed by atoms with Gasteiger partial charge in [0.1, 0.15) is 0 Å². The number of carbonyl (C=O) groups excluding carboxylic acids is 1. The SMILES string of the molecule is CC(=O)O[C@H]1CC[C@@H](C(=O)O)O1. The quantitative estimate of drug-likeness (QED) is 0.603. The van der Waals surface area contributed by atoms with E-state index < -0.39 is 24.3 Å². The molecule has 12 heavy (non-hydrogen) atoms. The number of hydrogen-bond acceptors (Lipinski definition) is 4. The first-order chi connectivity index (χ1) is 5.59. The molecule has 0 amide bonds. The van der Waals surface area contributed by atoms with E-state index in [1.54, 1.807) is 0 Å². The summed E-state index contributed by atoms with van der Waals surface area (Å²) in [5.74, 6) is -1.46. The summed E-state index contributed by atoms with van der Waals surface area (Å²) < 4.78 is 9.56. The van der Waals surface area contributed by atoms with Crippen LogP contribution in [0.15, 0.2) is 0 Å². The van der Waals surface area contributed by atoms with Crippen molar-refractivity contribution < 1.29 is 24.2 Å². The Morgan fingerprint density at radius 1 is 1.50 bits per heavy atom. The fourth-order valence-electron chi connectivity index (χ4n) is 1.06. The van der Waals surface area contributed by atoms with Gasteiger partial charge in [-0.1, -0.05) is 0 Å². The summed E-state index contributed by atoms with van der Waals surface area (Å²) in [6.07, 6.45) is -0.651. The molecule has 5 heteroatoms. The Labute approximate surface area is 69.3 Å². The van der Waals surface area contributed by atoms with Crippen LogP contribution >= 0.6 is 0 Å². The maximum atomic E-state index is 10.4. The molecule has 0 unspecified atom stereocenters. The van der Waals surface area contributed by atoms with Gasteiger partial charge in [0, 0.05) is 13.3 Å². The van der Waals surface area contributed by atoms with Gasteiger partial charge in [0.2, 0.25) is 6.29 Å². The van der Waals surface area contributed by atoms with Gasteiger partial charge in [-0.15, -0.1) is 0 Å². The number of carboxylic acids is 1. The Morgan fingerprint density at radius 2 is 2.17 bits per heavy atom. The zero-order valence-corrected chi connectivity index (χ0v) is 6.65. The van der Waals surface area contributed by atoms with E-state index in [4.69, 9.17) is 9.84 Å². The summed E-state index contributed by atoms with van der Waals surface area (Å²) in [6.45, 7) is 1.26. The highest BCUT2D eigenvalue weighted by molar-refractivity contribution is 5.72. The third-order valence-electron chi connectivity index (χ3n) is 1.55. The van der Waals surface area contributed by atoms with Crippen LogP contribution in [0.4, 0.5) is 0 Å². The lowest BCUT2D eigenvalue weighted by molar-refractivity contribution is -0.180. The van der Waals surface area contributed by atoms with Gasteiger partial charge in [0.25, 0.3) is 0 Å². The first kappa shape index (κ1) is 8.99. The molecular formula is C7H10O5. The van der Waals surface area contributed by atoms with Crippen molar-refractivity contribution in [3.8, 4) is 0 Å². The van der Waals surface area contributed by atoms with Gasteiger partial charge >= 0.3 is 11.9 Å². The van der Waals surface area contributed by atoms with E-state index in [0.717, 1.165) is 0 Å². The van der Waals surface area contributed by atoms with E-state index in [2.05, 4.69) is 4.74 Å². The van der Waals surface area contributed by atoms with E-state index in [0.29, 0.717) is 12.8 Å². The molecular weight excluding hydrogens is 164 g/mol. The maximum absolute atomic E-state index is 10.4. The van der Waals surface area contributed by atoms with E-state index in [1.807, 2.05) is 0 Å². The van der Waals surface area contributed by atoms with Gasteiger partial charge < -0.3 is 14.6 Å². The van der Waals surface area contributed by atoms with Gasteiger partial charge in [-0.3, -0.25) is 4.79 Å². The molecule has 0 aromatic heterocycles. The molecule has 5 nitrogen and oxygen atoms in total. The third kappa shape index (κ3) is 2.20. The molecule has 0 aromatic carbocycles. The van der Waals surface area contributed by atoms with Gasteiger partial charge in [-0.05, 0) is 6.42 Å². The number of ether oxygens (including phenoxy) is 2. The van der Waals surface area contributed by atoms with Crippen LogP contribution in [-0.4, -0.2) is 29.4 Å². The van der Waals surface area contributed by atoms with Gasteiger partial charge in [0.05, 0.1) is 0 Å². The normalized spacial score (nSPS) is 28.4. The van der Waals surface area contributed by atoms with Crippen molar-refractivity contribution >= 4 is 11.9 Å². The Hall–Kier alpha value is -1.10. The van der Waals surface area contributed by atoms with E-state index in [9.17, 15) is 9.59 Å². The van der Waals surface area contributed by atoms with Crippen LogP contribution in [0, 0.1) is 0 Å². The monoisotopic (exact) mass is 174 g/mol. The summed E-state index contributed by atoms with van der Waals surface area (Å²) in [6, 6.07) is 0. The molecule has 0 aliphatic carbocycles. The van der Waals surface area contributed by atoms with Crippen molar-refractivity contribution in [1.29, 1.82) is 0 Å². The first-order valence-electron chi connectivity index (χ1n) is 3.65. The largest absolute Gasteiger partial charge is 0.479 e. The predicted octanol–water partition coefficient (Wildman–Crippen LogP) is 0.139. The summed E-state index contributed by atoms with van der Waals surface area (Å²) >= 11 is 0. The number of esters is 1. The van der Waals surface area contributed by atoms with Crippen LogP contribution in [-0.2, 0) is 19.1 Å². The molecule has 1 aliphatic heterocycles. The highest BCUT2D eigenvalue weighted by atomic mass is 16.7. The molecule has 1 fully saturated rings. The summed E-state index contributed by atoms with van der Waals surface area (Å²) in [5, 5.41) is 8.50. The topological polar surface area (TPSA) is 72.8 Å². The van der Waals surface area contributed by atoms with Crippen molar-refractivity contribution in [2.45, 2.75) is 32.2 Å². The van der Waals surface area contributed by atoms with Gasteiger partial charge in [-0.25, -0.2) is 4.79 Å². The highest BCUT2D eigenvalue weighted by Crippen LogP contribution is 2.20. The Morgan fingerprint density at radius 3 is 2.58 bits per heavy atom. The highest BCUT2D eigenvalue weighted by Gasteiger charge is 2.31. The first-order valence-corrected chi connectivity index (χ1v) is 3.65. The molecule has 0 saturated carbocycles. The van der Waals surface area contributed by atoms with E-state index >= 15 is 0 Å². The number of carboxylic acid groups (broad SMARTS) is 1. The van der Waals surface area contributed by atoms with E-state index in [1.165, 1.54) is 6.92 Å². The molecule has 1 aliphatic rings. The van der Waals surface area contributed by atoms with Crippen LogP contribution in [0.5, 0.6) is 0 Å². The van der Waals surface area contributed by atoms with Crippen molar-refractivity contribution in [2.24, 2.45) is 0 Å². The van der Waals surface area contributed by atoms with Crippen LogP contribution in [0.25, 0.3) is 0 Å². The summed E-state index contributed by atoms with van der Waals surface area (Å²) in [4.78, 5) is 20.8. The average Bonchev–Trinajstić information content (AvgIpc) is 2.34. The summed E-state index contributed by atoms with van der Waals surface area (Å²) in [5.41, 5.74) is 0. The van der Waals surface area contributed by atoms with Crippen molar-refractivity contribution in [3.05, 3.63) is 0 Å². The lowest BCUT2D eigenvalue weighted by atomic mass is 10.2. The number of hydrogen-bond donors (Lipinski definition) is 1. The standard InChI is InChI=1S/C7H10O5/c1-4(8)11-6-3-2-5(12-6)7(9)10/h5-6H,2-3H2,1H3,(H,9,10)/t5-,6+/m0/s1. The maximum Gasteiger partial charge on any atom is 0.332 e. The van der Waals surface area contributed by atoms with Crippen molar-refractivity contribution in [2.75, 3.05) is 0 Å². The second-order valence-electron chi connectivity index (χ2n) is 2.58. The molecule has 0 aromatic rings. The molecule has 0 spiro atoms. The van der Waals surface area contributed by atoms with Crippen molar-refractivity contribution in [1.82, 2.24) is 0 Å². The zero-order valence-electron chi connectivity index (χ0n) is 6.65. The van der Waals surface area contributed by atoms with Crippen LogP contribution < -0.4 is 0 Å².